The van der Waals surface area contributed by atoms with Gasteiger partial charge in [0, 0.05) is 19.3 Å². The minimum absolute atomic E-state index is 0.160. The molecule has 0 aromatic heterocycles. The van der Waals surface area contributed by atoms with Gasteiger partial charge < -0.3 is 24.2 Å². The largest absolute Gasteiger partial charge is 0.472 e. The van der Waals surface area contributed by atoms with E-state index in [1.165, 1.54) is 116 Å². The molecular weight excluding hydrogens is 928 g/mol. The van der Waals surface area contributed by atoms with E-state index >= 15 is 0 Å². The standard InChI is InChI=1S/C60H109O11P/c1-4-7-10-13-16-19-22-25-27-28-30-33-36-39-42-45-48-51-60(64)71-57(53-67-58(62)49-46-43-40-37-34-31-24-21-18-15-12-9-6-3)55-69-72(65,66)68-54-56(52-61)70-59(63)50-47-44-41-38-35-32-29-26-23-20-17-14-11-8-5-2/h16-17,19-20,25-27,29,56-57,61H,4-15,18,21-24,28,30-55H2,1-3H3,(H,65,66)/b19-16-,20-17-,27-25-,29-26-. The first-order chi connectivity index (χ1) is 35.2. The topological polar surface area (TPSA) is 155 Å². The van der Waals surface area contributed by atoms with Crippen LogP contribution in [0, 0.1) is 0 Å². The summed E-state index contributed by atoms with van der Waals surface area (Å²) >= 11 is 0. The third-order valence-corrected chi connectivity index (χ3v) is 13.7. The molecule has 72 heavy (non-hydrogen) atoms. The Labute approximate surface area is 441 Å². The van der Waals surface area contributed by atoms with Crippen LogP contribution < -0.4 is 0 Å². The predicted octanol–water partition coefficient (Wildman–Crippen LogP) is 17.4. The van der Waals surface area contributed by atoms with Gasteiger partial charge in [-0.15, -0.1) is 0 Å². The average Bonchev–Trinajstić information content (AvgIpc) is 3.37. The van der Waals surface area contributed by atoms with E-state index in [0.717, 1.165) is 103 Å². The lowest BCUT2D eigenvalue weighted by Gasteiger charge is -2.21. The molecule has 0 aromatic rings. The van der Waals surface area contributed by atoms with E-state index in [1.807, 2.05) is 0 Å². The molecule has 0 heterocycles. The van der Waals surface area contributed by atoms with Gasteiger partial charge >= 0.3 is 25.7 Å². The highest BCUT2D eigenvalue weighted by molar-refractivity contribution is 7.47. The second kappa shape index (κ2) is 54.7. The Morgan fingerprint density at radius 1 is 0.389 bits per heavy atom. The van der Waals surface area contributed by atoms with Crippen LogP contribution in [0.4, 0.5) is 0 Å². The number of aliphatic hydroxyl groups is 1. The second-order valence-electron chi connectivity index (χ2n) is 19.8. The molecule has 0 aliphatic rings. The molecule has 0 aromatic carbocycles. The van der Waals surface area contributed by atoms with Crippen molar-refractivity contribution in [2.24, 2.45) is 0 Å². The van der Waals surface area contributed by atoms with Crippen molar-refractivity contribution in [1.82, 2.24) is 0 Å². The van der Waals surface area contributed by atoms with Crippen LogP contribution in [-0.2, 0) is 42.2 Å². The summed E-state index contributed by atoms with van der Waals surface area (Å²) in [6.45, 7) is 4.60. The first kappa shape index (κ1) is 69.4. The van der Waals surface area contributed by atoms with E-state index in [4.69, 9.17) is 23.3 Å². The maximum Gasteiger partial charge on any atom is 0.472 e. The molecule has 0 saturated heterocycles. The summed E-state index contributed by atoms with van der Waals surface area (Å²) in [5, 5.41) is 9.81. The number of allylic oxidation sites excluding steroid dienone is 8. The van der Waals surface area contributed by atoms with Gasteiger partial charge in [0.05, 0.1) is 19.8 Å². The van der Waals surface area contributed by atoms with Gasteiger partial charge in [0.1, 0.15) is 12.7 Å². The van der Waals surface area contributed by atoms with E-state index in [-0.39, 0.29) is 25.9 Å². The summed E-state index contributed by atoms with van der Waals surface area (Å²) in [5.41, 5.74) is 0. The molecule has 0 fully saturated rings. The van der Waals surface area contributed by atoms with Gasteiger partial charge in [0.25, 0.3) is 0 Å². The second-order valence-corrected chi connectivity index (χ2v) is 21.3. The van der Waals surface area contributed by atoms with Gasteiger partial charge in [0.15, 0.2) is 6.10 Å². The van der Waals surface area contributed by atoms with Crippen molar-refractivity contribution >= 4 is 25.7 Å². The van der Waals surface area contributed by atoms with Crippen LogP contribution in [0.15, 0.2) is 48.6 Å². The van der Waals surface area contributed by atoms with E-state index in [0.29, 0.717) is 19.3 Å². The Hall–Kier alpha value is -2.56. The van der Waals surface area contributed by atoms with E-state index in [9.17, 15) is 28.9 Å². The molecule has 420 valence electrons. The summed E-state index contributed by atoms with van der Waals surface area (Å²) in [5.74, 6) is -1.47. The minimum Gasteiger partial charge on any atom is -0.462 e. The molecule has 0 aliphatic carbocycles. The maximum atomic E-state index is 12.9. The number of hydrogen-bond donors (Lipinski definition) is 2. The number of esters is 3. The van der Waals surface area contributed by atoms with Crippen molar-refractivity contribution in [2.75, 3.05) is 26.4 Å². The molecule has 3 atom stereocenters. The summed E-state index contributed by atoms with van der Waals surface area (Å²) in [6.07, 6.45) is 57.7. The van der Waals surface area contributed by atoms with Crippen LogP contribution >= 0.6 is 7.82 Å². The Morgan fingerprint density at radius 2 is 0.681 bits per heavy atom. The van der Waals surface area contributed by atoms with Gasteiger partial charge in [-0.25, -0.2) is 4.57 Å². The lowest BCUT2D eigenvalue weighted by atomic mass is 10.0. The van der Waals surface area contributed by atoms with E-state index in [1.54, 1.807) is 0 Å². The number of phosphoric acid groups is 1. The molecule has 0 saturated carbocycles. The third kappa shape index (κ3) is 52.3. The number of hydrogen-bond acceptors (Lipinski definition) is 10. The van der Waals surface area contributed by atoms with Crippen molar-refractivity contribution < 1.29 is 52.2 Å². The molecule has 0 aliphatic heterocycles. The molecule has 11 nitrogen and oxygen atoms in total. The number of aliphatic hydroxyl groups excluding tert-OH is 1. The maximum absolute atomic E-state index is 12.9. The monoisotopic (exact) mass is 1040 g/mol. The summed E-state index contributed by atoms with van der Waals surface area (Å²) in [4.78, 5) is 48.5. The zero-order valence-corrected chi connectivity index (χ0v) is 47.3. The van der Waals surface area contributed by atoms with Gasteiger partial charge in [-0.1, -0.05) is 223 Å². The van der Waals surface area contributed by atoms with Crippen molar-refractivity contribution in [3.05, 3.63) is 48.6 Å². The highest BCUT2D eigenvalue weighted by Crippen LogP contribution is 2.43. The Morgan fingerprint density at radius 3 is 1.06 bits per heavy atom. The molecule has 0 rings (SSSR count). The molecule has 12 heteroatoms. The first-order valence-corrected chi connectivity index (χ1v) is 31.0. The van der Waals surface area contributed by atoms with Crippen LogP contribution in [0.25, 0.3) is 0 Å². The highest BCUT2D eigenvalue weighted by Gasteiger charge is 2.28. The van der Waals surface area contributed by atoms with Crippen LogP contribution in [0.3, 0.4) is 0 Å². The number of ether oxygens (including phenoxy) is 3. The average molecular weight is 1040 g/mol. The Kier molecular flexibility index (Phi) is 52.7. The normalized spacial score (nSPS) is 13.7. The summed E-state index contributed by atoms with van der Waals surface area (Å²) in [6, 6.07) is 0. The van der Waals surface area contributed by atoms with Crippen molar-refractivity contribution in [2.45, 2.75) is 290 Å². The zero-order valence-electron chi connectivity index (χ0n) is 46.4. The number of phosphoric ester groups is 1. The minimum atomic E-state index is -4.75. The molecule has 3 unspecified atom stereocenters. The third-order valence-electron chi connectivity index (χ3n) is 12.7. The predicted molar refractivity (Wildman–Crippen MR) is 298 cm³/mol. The highest BCUT2D eigenvalue weighted by atomic mass is 31.2. The van der Waals surface area contributed by atoms with Crippen molar-refractivity contribution in [1.29, 1.82) is 0 Å². The molecule has 0 amide bonds. The van der Waals surface area contributed by atoms with Gasteiger partial charge in [-0.05, 0) is 83.5 Å². The first-order valence-electron chi connectivity index (χ1n) is 29.5. The summed E-state index contributed by atoms with van der Waals surface area (Å²) < 4.78 is 39.5. The fourth-order valence-corrected chi connectivity index (χ4v) is 8.97. The molecule has 0 spiro atoms. The Bertz CT molecular complexity index is 1400. The number of carbonyl (C=O) groups excluding carboxylic acids is 3. The van der Waals surface area contributed by atoms with Gasteiger partial charge in [-0.2, -0.15) is 0 Å². The molecule has 2 N–H and O–H groups in total. The van der Waals surface area contributed by atoms with E-state index in [2.05, 4.69) is 69.4 Å². The lowest BCUT2D eigenvalue weighted by Crippen LogP contribution is -2.30. The van der Waals surface area contributed by atoms with Gasteiger partial charge in [0.2, 0.25) is 0 Å². The SMILES string of the molecule is CCCCC/C=C\C/C=C\CCCCCCCCCC(=O)OC(COC(=O)CCCCCCCCCCCCCCC)COP(=O)(O)OCC(CO)OC(=O)CCCCCCC/C=C\C/C=C\CCCCC. The molecular formula is C60H109O11P. The Balaban J connectivity index is 4.71. The zero-order chi connectivity index (χ0) is 52.7. The number of unbranched alkanes of at least 4 members (excludes halogenated alkanes) is 30. The smallest absolute Gasteiger partial charge is 0.462 e. The molecule has 0 bridgehead atoms. The molecule has 0 radical (unpaired) electrons. The number of rotatable bonds is 55. The van der Waals surface area contributed by atoms with Crippen LogP contribution in [-0.4, -0.2) is 66.5 Å². The van der Waals surface area contributed by atoms with Gasteiger partial charge in [-0.3, -0.25) is 23.4 Å². The fourth-order valence-electron chi connectivity index (χ4n) is 8.18. The van der Waals surface area contributed by atoms with Crippen LogP contribution in [0.5, 0.6) is 0 Å². The van der Waals surface area contributed by atoms with Crippen molar-refractivity contribution in [3.63, 3.8) is 0 Å². The number of carbonyl (C=O) groups is 3. The quantitative estimate of drug-likeness (QED) is 0.0197. The van der Waals surface area contributed by atoms with E-state index < -0.39 is 57.8 Å². The summed E-state index contributed by atoms with van der Waals surface area (Å²) in [7, 11) is -4.75. The van der Waals surface area contributed by atoms with Crippen LogP contribution in [0.1, 0.15) is 278 Å². The van der Waals surface area contributed by atoms with Crippen LogP contribution in [0.2, 0.25) is 0 Å². The van der Waals surface area contributed by atoms with Crippen molar-refractivity contribution in [3.8, 4) is 0 Å². The fraction of sp³-hybridized carbons (Fsp3) is 0.817. The lowest BCUT2D eigenvalue weighted by molar-refractivity contribution is -0.161.